The lowest BCUT2D eigenvalue weighted by molar-refractivity contribution is -0.132. The summed E-state index contributed by atoms with van der Waals surface area (Å²) in [6, 6.07) is 1.64. The summed E-state index contributed by atoms with van der Waals surface area (Å²) in [5.74, 6) is 0.770. The lowest BCUT2D eigenvalue weighted by Gasteiger charge is -2.31. The van der Waals surface area contributed by atoms with Gasteiger partial charge < -0.3 is 20.1 Å². The molecule has 0 radical (unpaired) electrons. The van der Waals surface area contributed by atoms with Gasteiger partial charge in [-0.15, -0.1) is 23.1 Å². The summed E-state index contributed by atoms with van der Waals surface area (Å²) >= 11 is 2.68. The number of piperidine rings is 1. The number of carbonyl (C=O) groups is 3. The van der Waals surface area contributed by atoms with Crippen LogP contribution < -0.4 is 10.6 Å². The smallest absolute Gasteiger partial charge is 0.238 e. The number of thioether (sulfide) groups is 1. The maximum Gasteiger partial charge on any atom is 0.238 e. The number of likely N-dealkylation sites (tertiary alicyclic amines) is 1. The van der Waals surface area contributed by atoms with Crippen LogP contribution in [0.5, 0.6) is 0 Å². The van der Waals surface area contributed by atoms with Crippen LogP contribution in [0, 0.1) is 19.8 Å². The monoisotopic (exact) mass is 451 g/mol. The molecule has 2 aromatic heterocycles. The molecule has 162 valence electrons. The van der Waals surface area contributed by atoms with E-state index in [9.17, 15) is 14.4 Å². The number of carbonyl (C=O) groups excluding carboxylic acids is 3. The van der Waals surface area contributed by atoms with Crippen LogP contribution in [-0.2, 0) is 14.4 Å². The largest absolute Gasteiger partial charge is 0.360 e. The molecule has 30 heavy (non-hydrogen) atoms. The third-order valence-corrected chi connectivity index (χ3v) is 6.78. The molecular formula is C19H25N5O4S2. The first kappa shape index (κ1) is 22.3. The fraction of sp³-hybridized carbons (Fsp3) is 0.526. The van der Waals surface area contributed by atoms with Gasteiger partial charge in [0.2, 0.25) is 17.7 Å². The zero-order valence-corrected chi connectivity index (χ0v) is 18.8. The number of rotatable bonds is 7. The van der Waals surface area contributed by atoms with Crippen molar-refractivity contribution in [2.45, 2.75) is 38.9 Å². The Morgan fingerprint density at radius 3 is 2.63 bits per heavy atom. The Kier molecular flexibility index (Phi) is 7.48. The summed E-state index contributed by atoms with van der Waals surface area (Å²) < 4.78 is 4.92. The van der Waals surface area contributed by atoms with E-state index in [4.69, 9.17) is 4.52 Å². The molecule has 0 bridgehead atoms. The Labute approximate surface area is 183 Å². The highest BCUT2D eigenvalue weighted by molar-refractivity contribution is 8.01. The molecule has 0 saturated carbocycles. The summed E-state index contributed by atoms with van der Waals surface area (Å²) in [5, 5.41) is 11.3. The van der Waals surface area contributed by atoms with Crippen molar-refractivity contribution in [2.75, 3.05) is 29.5 Å². The first-order valence-corrected chi connectivity index (χ1v) is 11.6. The minimum absolute atomic E-state index is 0.0219. The summed E-state index contributed by atoms with van der Waals surface area (Å²) in [5.41, 5.74) is 0.882. The van der Waals surface area contributed by atoms with Crippen LogP contribution in [0.25, 0.3) is 0 Å². The molecule has 1 aliphatic rings. The standard InChI is InChI=1S/C19H25N5O4S2/c1-11-9-30-19(20-11)22-18(27)14-4-6-24(7-5-14)16(25)10-29-13(3)17(26)21-15-8-12(2)28-23-15/h8-9,13-14H,4-7,10H2,1-3H3,(H,20,22,27)(H,21,23,26). The van der Waals surface area contributed by atoms with Gasteiger partial charge in [0.15, 0.2) is 10.9 Å². The topological polar surface area (TPSA) is 117 Å². The van der Waals surface area contributed by atoms with Gasteiger partial charge in [-0.1, -0.05) is 5.16 Å². The van der Waals surface area contributed by atoms with E-state index in [0.29, 0.717) is 42.6 Å². The second-order valence-corrected chi connectivity index (χ2v) is 9.39. The summed E-state index contributed by atoms with van der Waals surface area (Å²) in [6.07, 6.45) is 1.24. The van der Waals surface area contributed by atoms with E-state index in [0.717, 1.165) is 5.69 Å². The average Bonchev–Trinajstić information content (AvgIpc) is 3.33. The highest BCUT2D eigenvalue weighted by Gasteiger charge is 2.28. The second kappa shape index (κ2) is 10.1. The number of amides is 3. The van der Waals surface area contributed by atoms with Gasteiger partial charge in [0.1, 0.15) is 5.76 Å². The van der Waals surface area contributed by atoms with Crippen LogP contribution in [0.4, 0.5) is 10.9 Å². The van der Waals surface area contributed by atoms with Gasteiger partial charge in [0.05, 0.1) is 16.7 Å². The molecule has 3 rings (SSSR count). The number of nitrogens with one attached hydrogen (secondary N) is 2. The zero-order chi connectivity index (χ0) is 21.7. The van der Waals surface area contributed by atoms with E-state index in [-0.39, 0.29) is 29.4 Å². The van der Waals surface area contributed by atoms with Crippen molar-refractivity contribution in [2.24, 2.45) is 5.92 Å². The normalized spacial score (nSPS) is 15.6. The van der Waals surface area contributed by atoms with Crippen molar-refractivity contribution >= 4 is 51.8 Å². The van der Waals surface area contributed by atoms with Gasteiger partial charge in [0, 0.05) is 30.5 Å². The quantitative estimate of drug-likeness (QED) is 0.664. The van der Waals surface area contributed by atoms with Crippen LogP contribution in [0.15, 0.2) is 16.0 Å². The van der Waals surface area contributed by atoms with Gasteiger partial charge in [0.25, 0.3) is 0 Å². The molecule has 2 aromatic rings. The molecule has 11 heteroatoms. The van der Waals surface area contributed by atoms with Crippen molar-refractivity contribution in [1.82, 2.24) is 15.0 Å². The van der Waals surface area contributed by atoms with Crippen molar-refractivity contribution in [3.63, 3.8) is 0 Å². The van der Waals surface area contributed by atoms with Gasteiger partial charge in [-0.3, -0.25) is 14.4 Å². The van der Waals surface area contributed by atoms with E-state index < -0.39 is 5.25 Å². The van der Waals surface area contributed by atoms with Crippen LogP contribution in [-0.4, -0.2) is 56.9 Å². The van der Waals surface area contributed by atoms with Gasteiger partial charge in [-0.25, -0.2) is 4.98 Å². The molecule has 1 fully saturated rings. The molecule has 0 spiro atoms. The van der Waals surface area contributed by atoms with Crippen molar-refractivity contribution < 1.29 is 18.9 Å². The van der Waals surface area contributed by atoms with Crippen LogP contribution in [0.1, 0.15) is 31.2 Å². The fourth-order valence-electron chi connectivity index (χ4n) is 3.03. The summed E-state index contributed by atoms with van der Waals surface area (Å²) in [7, 11) is 0. The van der Waals surface area contributed by atoms with E-state index in [2.05, 4.69) is 20.8 Å². The number of aromatic nitrogens is 2. The molecule has 3 amide bonds. The Balaban J connectivity index is 1.38. The highest BCUT2D eigenvalue weighted by atomic mass is 32.2. The van der Waals surface area contributed by atoms with Crippen LogP contribution in [0.3, 0.4) is 0 Å². The Morgan fingerprint density at radius 1 is 1.30 bits per heavy atom. The number of hydrogen-bond donors (Lipinski definition) is 2. The second-order valence-electron chi connectivity index (χ2n) is 7.20. The van der Waals surface area contributed by atoms with Crippen LogP contribution in [0.2, 0.25) is 0 Å². The van der Waals surface area contributed by atoms with Crippen LogP contribution >= 0.6 is 23.1 Å². The first-order valence-electron chi connectivity index (χ1n) is 9.68. The SMILES string of the molecule is Cc1csc(NC(=O)C2CCN(C(=O)CSC(C)C(=O)Nc3cc(C)on3)CC2)n1. The zero-order valence-electron chi connectivity index (χ0n) is 17.1. The molecule has 1 unspecified atom stereocenters. The lowest BCUT2D eigenvalue weighted by atomic mass is 9.96. The molecule has 0 aromatic carbocycles. The number of thiazole rings is 1. The number of anilines is 2. The number of hydrogen-bond acceptors (Lipinski definition) is 8. The first-order chi connectivity index (χ1) is 14.3. The van der Waals surface area contributed by atoms with E-state index in [1.54, 1.807) is 24.8 Å². The average molecular weight is 452 g/mol. The van der Waals surface area contributed by atoms with Gasteiger partial charge in [-0.05, 0) is 33.6 Å². The lowest BCUT2D eigenvalue weighted by Crippen LogP contribution is -2.42. The summed E-state index contributed by atoms with van der Waals surface area (Å²) in [6.45, 7) is 6.44. The van der Waals surface area contributed by atoms with Gasteiger partial charge in [-0.2, -0.15) is 0 Å². The molecule has 1 aliphatic heterocycles. The minimum Gasteiger partial charge on any atom is -0.360 e. The minimum atomic E-state index is -0.406. The predicted molar refractivity (Wildman–Crippen MR) is 117 cm³/mol. The summed E-state index contributed by atoms with van der Waals surface area (Å²) in [4.78, 5) is 43.1. The predicted octanol–water partition coefficient (Wildman–Crippen LogP) is 2.69. The molecule has 0 aliphatic carbocycles. The maximum absolute atomic E-state index is 12.5. The number of aryl methyl sites for hydroxylation is 2. The highest BCUT2D eigenvalue weighted by Crippen LogP contribution is 2.22. The van der Waals surface area contributed by atoms with Crippen molar-refractivity contribution in [1.29, 1.82) is 0 Å². The molecule has 1 saturated heterocycles. The number of nitrogens with zero attached hydrogens (tertiary/aromatic N) is 3. The molecule has 1 atom stereocenters. The molecular weight excluding hydrogens is 426 g/mol. The van der Waals surface area contributed by atoms with E-state index >= 15 is 0 Å². The maximum atomic E-state index is 12.5. The molecule has 9 nitrogen and oxygen atoms in total. The van der Waals surface area contributed by atoms with Crippen molar-refractivity contribution in [3.05, 3.63) is 22.9 Å². The Hall–Kier alpha value is -2.40. The molecule has 3 heterocycles. The Morgan fingerprint density at radius 2 is 2.03 bits per heavy atom. The van der Waals surface area contributed by atoms with Crippen molar-refractivity contribution in [3.8, 4) is 0 Å². The third-order valence-electron chi connectivity index (χ3n) is 4.77. The fourth-order valence-corrected chi connectivity index (χ4v) is 4.50. The van der Waals surface area contributed by atoms with Gasteiger partial charge >= 0.3 is 0 Å². The van der Waals surface area contributed by atoms with E-state index in [1.807, 2.05) is 12.3 Å². The van der Waals surface area contributed by atoms with E-state index in [1.165, 1.54) is 23.1 Å². The molecule has 2 N–H and O–H groups in total. The third kappa shape index (κ3) is 6.05. The Bertz CT molecular complexity index is 904.